The van der Waals surface area contributed by atoms with Crippen LogP contribution in [-0.4, -0.2) is 32.0 Å². The largest absolute Gasteiger partial charge is 0.378 e. The number of unbranched alkanes of at least 4 members (excludes halogenated alkanes) is 1. The maximum absolute atomic E-state index is 11.8. The summed E-state index contributed by atoms with van der Waals surface area (Å²) in [5.74, 6) is 0.230. The van der Waals surface area contributed by atoms with Crippen LogP contribution in [0.25, 0.3) is 0 Å². The van der Waals surface area contributed by atoms with Gasteiger partial charge in [0.05, 0.1) is 0 Å². The minimum atomic E-state index is 0.230. The van der Waals surface area contributed by atoms with Crippen LogP contribution in [0.5, 0.6) is 0 Å². The van der Waals surface area contributed by atoms with Crippen molar-refractivity contribution >= 4 is 11.6 Å². The first-order valence-corrected chi connectivity index (χ1v) is 6.54. The predicted molar refractivity (Wildman–Crippen MR) is 76.8 cm³/mol. The second kappa shape index (κ2) is 7.04. The van der Waals surface area contributed by atoms with Crippen molar-refractivity contribution in [2.45, 2.75) is 32.7 Å². The standard InChI is InChI=1S/C15H24N2O/c1-5-6-7-15(18)17(4)12-13-8-10-14(11-9-13)16(2)3/h8-11H,5-7,12H2,1-4H3. The van der Waals surface area contributed by atoms with Crippen LogP contribution >= 0.6 is 0 Å². The predicted octanol–water partition coefficient (Wildman–Crippen LogP) is 2.90. The normalized spacial score (nSPS) is 10.2. The van der Waals surface area contributed by atoms with Gasteiger partial charge in [-0.1, -0.05) is 25.5 Å². The maximum Gasteiger partial charge on any atom is 0.222 e. The fraction of sp³-hybridized carbons (Fsp3) is 0.533. The summed E-state index contributed by atoms with van der Waals surface area (Å²) in [6.45, 7) is 2.80. The summed E-state index contributed by atoms with van der Waals surface area (Å²) < 4.78 is 0. The van der Waals surface area contributed by atoms with Crippen molar-refractivity contribution in [2.75, 3.05) is 26.0 Å². The lowest BCUT2D eigenvalue weighted by atomic mass is 10.1. The Balaban J connectivity index is 2.53. The Kier molecular flexibility index (Phi) is 5.69. The quantitative estimate of drug-likeness (QED) is 0.773. The van der Waals surface area contributed by atoms with Crippen LogP contribution in [0.3, 0.4) is 0 Å². The minimum Gasteiger partial charge on any atom is -0.378 e. The third kappa shape index (κ3) is 4.40. The number of amides is 1. The lowest BCUT2D eigenvalue weighted by Gasteiger charge is -2.18. The maximum atomic E-state index is 11.8. The Bertz CT molecular complexity index is 371. The number of benzene rings is 1. The molecule has 0 heterocycles. The zero-order chi connectivity index (χ0) is 13.5. The molecule has 1 rings (SSSR count). The lowest BCUT2D eigenvalue weighted by Crippen LogP contribution is -2.25. The van der Waals surface area contributed by atoms with E-state index >= 15 is 0 Å². The summed E-state index contributed by atoms with van der Waals surface area (Å²) in [6, 6.07) is 8.33. The number of anilines is 1. The van der Waals surface area contributed by atoms with Crippen LogP contribution in [0.15, 0.2) is 24.3 Å². The van der Waals surface area contributed by atoms with Crippen molar-refractivity contribution in [2.24, 2.45) is 0 Å². The van der Waals surface area contributed by atoms with Crippen molar-refractivity contribution in [1.29, 1.82) is 0 Å². The summed E-state index contributed by atoms with van der Waals surface area (Å²) in [7, 11) is 5.92. The molecule has 0 aliphatic rings. The molecule has 0 atom stereocenters. The Morgan fingerprint density at radius 3 is 2.22 bits per heavy atom. The Hall–Kier alpha value is -1.51. The molecular weight excluding hydrogens is 224 g/mol. The van der Waals surface area contributed by atoms with Crippen molar-refractivity contribution in [3.05, 3.63) is 29.8 Å². The highest BCUT2D eigenvalue weighted by molar-refractivity contribution is 5.75. The summed E-state index contributed by atoms with van der Waals surface area (Å²) in [6.07, 6.45) is 2.70. The highest BCUT2D eigenvalue weighted by Gasteiger charge is 2.08. The third-order valence-electron chi connectivity index (χ3n) is 3.04. The topological polar surface area (TPSA) is 23.6 Å². The average molecular weight is 248 g/mol. The van der Waals surface area contributed by atoms with Crippen LogP contribution in [0.1, 0.15) is 31.7 Å². The highest BCUT2D eigenvalue weighted by atomic mass is 16.2. The van der Waals surface area contributed by atoms with Gasteiger partial charge in [0.2, 0.25) is 5.91 Å². The van der Waals surface area contributed by atoms with Gasteiger partial charge in [-0.3, -0.25) is 4.79 Å². The fourth-order valence-corrected chi connectivity index (χ4v) is 1.78. The molecule has 0 fully saturated rings. The van der Waals surface area contributed by atoms with Gasteiger partial charge in [-0.05, 0) is 24.1 Å². The molecule has 0 spiro atoms. The first kappa shape index (κ1) is 14.6. The molecule has 1 amide bonds. The second-order valence-electron chi connectivity index (χ2n) is 4.91. The molecule has 0 saturated heterocycles. The smallest absolute Gasteiger partial charge is 0.222 e. The molecule has 1 aromatic rings. The zero-order valence-corrected chi connectivity index (χ0v) is 11.9. The van der Waals surface area contributed by atoms with E-state index in [0.29, 0.717) is 13.0 Å². The summed E-state index contributed by atoms with van der Waals surface area (Å²) in [5, 5.41) is 0. The molecule has 18 heavy (non-hydrogen) atoms. The number of carbonyl (C=O) groups is 1. The summed E-state index contributed by atoms with van der Waals surface area (Å²) in [5.41, 5.74) is 2.35. The van der Waals surface area contributed by atoms with Gasteiger partial charge in [0.25, 0.3) is 0 Å². The van der Waals surface area contributed by atoms with E-state index in [9.17, 15) is 4.79 Å². The monoisotopic (exact) mass is 248 g/mol. The molecule has 100 valence electrons. The molecule has 0 radical (unpaired) electrons. The Labute approximate surface area is 110 Å². The number of nitrogens with zero attached hydrogens (tertiary/aromatic N) is 2. The Morgan fingerprint density at radius 2 is 1.72 bits per heavy atom. The lowest BCUT2D eigenvalue weighted by molar-refractivity contribution is -0.130. The molecular formula is C15H24N2O. The van der Waals surface area contributed by atoms with Gasteiger partial charge >= 0.3 is 0 Å². The number of hydrogen-bond donors (Lipinski definition) is 0. The number of hydrogen-bond acceptors (Lipinski definition) is 2. The number of rotatable bonds is 6. The van der Waals surface area contributed by atoms with Crippen LogP contribution in [-0.2, 0) is 11.3 Å². The van der Waals surface area contributed by atoms with E-state index in [-0.39, 0.29) is 5.91 Å². The van der Waals surface area contributed by atoms with Crippen molar-refractivity contribution in [1.82, 2.24) is 4.90 Å². The molecule has 3 heteroatoms. The van der Waals surface area contributed by atoms with Gasteiger partial charge in [-0.25, -0.2) is 0 Å². The molecule has 0 saturated carbocycles. The SMILES string of the molecule is CCCCC(=O)N(C)Cc1ccc(N(C)C)cc1. The van der Waals surface area contributed by atoms with Gasteiger partial charge < -0.3 is 9.80 Å². The molecule has 0 unspecified atom stereocenters. The van der Waals surface area contributed by atoms with E-state index in [1.165, 1.54) is 11.3 Å². The van der Waals surface area contributed by atoms with Gasteiger partial charge in [0, 0.05) is 39.8 Å². The molecule has 0 aliphatic heterocycles. The van der Waals surface area contributed by atoms with Gasteiger partial charge in [-0.15, -0.1) is 0 Å². The van der Waals surface area contributed by atoms with Gasteiger partial charge in [0.15, 0.2) is 0 Å². The van der Waals surface area contributed by atoms with Crippen LogP contribution < -0.4 is 4.90 Å². The molecule has 3 nitrogen and oxygen atoms in total. The van der Waals surface area contributed by atoms with E-state index in [0.717, 1.165) is 12.8 Å². The molecule has 1 aromatic carbocycles. The van der Waals surface area contributed by atoms with E-state index in [2.05, 4.69) is 36.1 Å². The average Bonchev–Trinajstić information content (AvgIpc) is 2.36. The fourth-order valence-electron chi connectivity index (χ4n) is 1.78. The highest BCUT2D eigenvalue weighted by Crippen LogP contribution is 2.13. The molecule has 0 aromatic heterocycles. The van der Waals surface area contributed by atoms with Gasteiger partial charge in [0.1, 0.15) is 0 Å². The summed E-state index contributed by atoms with van der Waals surface area (Å²) >= 11 is 0. The molecule has 0 aliphatic carbocycles. The van der Waals surface area contributed by atoms with E-state index in [1.54, 1.807) is 4.90 Å². The van der Waals surface area contributed by atoms with Crippen LogP contribution in [0.2, 0.25) is 0 Å². The molecule has 0 N–H and O–H groups in total. The zero-order valence-electron chi connectivity index (χ0n) is 11.9. The van der Waals surface area contributed by atoms with E-state index < -0.39 is 0 Å². The first-order chi connectivity index (χ1) is 8.54. The first-order valence-electron chi connectivity index (χ1n) is 6.54. The Morgan fingerprint density at radius 1 is 1.11 bits per heavy atom. The summed E-state index contributed by atoms with van der Waals surface area (Å²) in [4.78, 5) is 15.7. The van der Waals surface area contributed by atoms with E-state index in [1.807, 2.05) is 21.1 Å². The second-order valence-corrected chi connectivity index (χ2v) is 4.91. The minimum absolute atomic E-state index is 0.230. The van der Waals surface area contributed by atoms with Gasteiger partial charge in [-0.2, -0.15) is 0 Å². The number of carbonyl (C=O) groups excluding carboxylic acids is 1. The van der Waals surface area contributed by atoms with Crippen LogP contribution in [0, 0.1) is 0 Å². The van der Waals surface area contributed by atoms with E-state index in [4.69, 9.17) is 0 Å². The third-order valence-corrected chi connectivity index (χ3v) is 3.04. The van der Waals surface area contributed by atoms with Crippen molar-refractivity contribution < 1.29 is 4.79 Å². The van der Waals surface area contributed by atoms with Crippen molar-refractivity contribution in [3.8, 4) is 0 Å². The molecule has 0 bridgehead atoms. The van der Waals surface area contributed by atoms with Crippen LogP contribution in [0.4, 0.5) is 5.69 Å². The van der Waals surface area contributed by atoms with Crippen molar-refractivity contribution in [3.63, 3.8) is 0 Å².